The Bertz CT molecular complexity index is 1170. The summed E-state index contributed by atoms with van der Waals surface area (Å²) < 4.78 is 6.29. The summed E-state index contributed by atoms with van der Waals surface area (Å²) in [5.41, 5.74) is 1.50. The van der Waals surface area contributed by atoms with E-state index in [4.69, 9.17) is 21.4 Å². The summed E-state index contributed by atoms with van der Waals surface area (Å²) in [6.45, 7) is -0.746. The second-order valence-corrected chi connectivity index (χ2v) is 9.48. The standard InChI is InChI=1S/C23H28BrClN4O6/c1-29(2)19(22(34)21(33)17(31)9-30)20(32)13-7-16-12(8-18(13)35-3)23(27-10-26-16)28-11-4-5-14(24)15(25)6-11/h4-8,10,17,19-22,30-34H,9H2,1-3H3,(H,26,27,28)/t17-,19-,20?,21+,22+/m1/s1. The van der Waals surface area contributed by atoms with Gasteiger partial charge in [0.25, 0.3) is 0 Å². The predicted molar refractivity (Wildman–Crippen MR) is 136 cm³/mol. The zero-order valence-corrected chi connectivity index (χ0v) is 21.6. The van der Waals surface area contributed by atoms with Gasteiger partial charge >= 0.3 is 0 Å². The first-order valence-corrected chi connectivity index (χ1v) is 11.8. The molecule has 190 valence electrons. The molecule has 5 atom stereocenters. The number of aliphatic hydroxyl groups excluding tert-OH is 5. The molecule has 6 N–H and O–H groups in total. The molecule has 0 fully saturated rings. The van der Waals surface area contributed by atoms with Crippen LogP contribution in [0, 0.1) is 0 Å². The maximum absolute atomic E-state index is 11.2. The van der Waals surface area contributed by atoms with E-state index in [-0.39, 0.29) is 0 Å². The molecule has 0 radical (unpaired) electrons. The van der Waals surface area contributed by atoms with Crippen LogP contribution in [0.25, 0.3) is 10.9 Å². The number of hydrogen-bond acceptors (Lipinski definition) is 10. The third-order valence-electron chi connectivity index (χ3n) is 5.69. The van der Waals surface area contributed by atoms with Crippen LogP contribution in [-0.4, -0.2) is 92.6 Å². The number of nitrogens with zero attached hydrogens (tertiary/aromatic N) is 3. The van der Waals surface area contributed by atoms with Crippen molar-refractivity contribution in [3.05, 3.63) is 51.7 Å². The lowest BCUT2D eigenvalue weighted by Crippen LogP contribution is -2.53. The van der Waals surface area contributed by atoms with Gasteiger partial charge in [0, 0.05) is 21.1 Å². The number of hydrogen-bond donors (Lipinski definition) is 6. The first-order chi connectivity index (χ1) is 16.6. The van der Waals surface area contributed by atoms with Gasteiger partial charge in [-0.25, -0.2) is 9.97 Å². The lowest BCUT2D eigenvalue weighted by atomic mass is 9.91. The quantitative estimate of drug-likeness (QED) is 0.213. The van der Waals surface area contributed by atoms with Crippen LogP contribution in [0.1, 0.15) is 11.7 Å². The number of aromatic nitrogens is 2. The van der Waals surface area contributed by atoms with Crippen molar-refractivity contribution < 1.29 is 30.3 Å². The van der Waals surface area contributed by atoms with Crippen molar-refractivity contribution in [3.8, 4) is 5.75 Å². The zero-order valence-electron chi connectivity index (χ0n) is 19.3. The number of rotatable bonds is 10. The number of nitrogens with one attached hydrogen (secondary N) is 1. The summed E-state index contributed by atoms with van der Waals surface area (Å²) in [4.78, 5) is 10.1. The summed E-state index contributed by atoms with van der Waals surface area (Å²) >= 11 is 9.55. The molecule has 0 amide bonds. The van der Waals surface area contributed by atoms with Gasteiger partial charge in [0.1, 0.15) is 42.3 Å². The fourth-order valence-corrected chi connectivity index (χ4v) is 4.24. The molecular formula is C23H28BrClN4O6. The summed E-state index contributed by atoms with van der Waals surface area (Å²) in [7, 11) is 4.65. The molecule has 10 nitrogen and oxygen atoms in total. The Morgan fingerprint density at radius 2 is 1.80 bits per heavy atom. The first-order valence-electron chi connectivity index (χ1n) is 10.6. The summed E-state index contributed by atoms with van der Waals surface area (Å²) in [6, 6.07) is 7.59. The molecule has 35 heavy (non-hydrogen) atoms. The van der Waals surface area contributed by atoms with E-state index < -0.39 is 37.1 Å². The Morgan fingerprint density at radius 3 is 2.40 bits per heavy atom. The van der Waals surface area contributed by atoms with Crippen molar-refractivity contribution >= 4 is 49.9 Å². The highest BCUT2D eigenvalue weighted by Gasteiger charge is 2.38. The Morgan fingerprint density at radius 1 is 1.09 bits per heavy atom. The molecule has 0 saturated heterocycles. The first kappa shape index (κ1) is 27.5. The van der Waals surface area contributed by atoms with Gasteiger partial charge in [-0.05, 0) is 60.4 Å². The zero-order chi connectivity index (χ0) is 25.9. The number of benzene rings is 2. The fraction of sp³-hybridized carbons (Fsp3) is 0.391. The fourth-order valence-electron chi connectivity index (χ4n) is 3.81. The number of methoxy groups -OCH3 is 1. The molecule has 3 rings (SSSR count). The van der Waals surface area contributed by atoms with E-state index in [2.05, 4.69) is 31.2 Å². The van der Waals surface area contributed by atoms with Crippen molar-refractivity contribution in [1.82, 2.24) is 14.9 Å². The van der Waals surface area contributed by atoms with E-state index in [9.17, 15) is 20.4 Å². The number of anilines is 2. The van der Waals surface area contributed by atoms with Crippen LogP contribution in [0.3, 0.4) is 0 Å². The number of aliphatic hydroxyl groups is 5. The molecular weight excluding hydrogens is 544 g/mol. The SMILES string of the molecule is COc1cc2c(Nc3ccc(Br)c(Cl)c3)ncnc2cc1C(O)[C@H]([C@H](O)[C@@H](O)[C@H](O)CO)N(C)C. The summed E-state index contributed by atoms with van der Waals surface area (Å²) in [5.74, 6) is 0.784. The van der Waals surface area contributed by atoms with E-state index in [1.807, 2.05) is 6.07 Å². The van der Waals surface area contributed by atoms with Crippen LogP contribution in [0.5, 0.6) is 5.75 Å². The largest absolute Gasteiger partial charge is 0.496 e. The van der Waals surface area contributed by atoms with Gasteiger partial charge in [0.05, 0.1) is 30.3 Å². The molecule has 2 aromatic carbocycles. The van der Waals surface area contributed by atoms with Gasteiger partial charge in [-0.2, -0.15) is 0 Å². The van der Waals surface area contributed by atoms with E-state index in [0.717, 1.165) is 4.47 Å². The van der Waals surface area contributed by atoms with Gasteiger partial charge < -0.3 is 40.5 Å². The third-order valence-corrected chi connectivity index (χ3v) is 6.92. The molecule has 0 bridgehead atoms. The number of halogens is 2. The van der Waals surface area contributed by atoms with Gasteiger partial charge in [-0.15, -0.1) is 0 Å². The van der Waals surface area contributed by atoms with Gasteiger partial charge in [0.15, 0.2) is 0 Å². The molecule has 0 spiro atoms. The second-order valence-electron chi connectivity index (χ2n) is 8.22. The predicted octanol–water partition coefficient (Wildman–Crippen LogP) is 1.84. The van der Waals surface area contributed by atoms with E-state index in [0.29, 0.717) is 38.7 Å². The lowest BCUT2D eigenvalue weighted by molar-refractivity contribution is -0.118. The summed E-state index contributed by atoms with van der Waals surface area (Å²) in [5, 5.41) is 55.4. The van der Waals surface area contributed by atoms with E-state index in [1.54, 1.807) is 38.4 Å². The molecule has 0 aliphatic carbocycles. The Balaban J connectivity index is 2.03. The maximum atomic E-state index is 11.2. The van der Waals surface area contributed by atoms with Gasteiger partial charge in [0.2, 0.25) is 0 Å². The second kappa shape index (κ2) is 11.8. The molecule has 0 aliphatic heterocycles. The molecule has 1 aromatic heterocycles. The van der Waals surface area contributed by atoms with Crippen LogP contribution in [-0.2, 0) is 0 Å². The molecule has 0 saturated carbocycles. The van der Waals surface area contributed by atoms with Crippen molar-refractivity contribution in [2.24, 2.45) is 0 Å². The average molecular weight is 572 g/mol. The minimum Gasteiger partial charge on any atom is -0.496 e. The van der Waals surface area contributed by atoms with Crippen molar-refractivity contribution in [2.45, 2.75) is 30.5 Å². The Kier molecular flexibility index (Phi) is 9.24. The normalized spacial score (nSPS) is 16.1. The third kappa shape index (κ3) is 6.01. The molecule has 1 heterocycles. The molecule has 0 aliphatic rings. The minimum absolute atomic E-state index is 0.299. The van der Waals surface area contributed by atoms with Crippen LogP contribution < -0.4 is 10.1 Å². The van der Waals surface area contributed by atoms with Crippen LogP contribution in [0.2, 0.25) is 5.02 Å². The maximum Gasteiger partial charge on any atom is 0.141 e. The number of ether oxygens (including phenoxy) is 1. The van der Waals surface area contributed by atoms with Gasteiger partial charge in [-0.1, -0.05) is 11.6 Å². The average Bonchev–Trinajstić information content (AvgIpc) is 2.84. The van der Waals surface area contributed by atoms with Crippen LogP contribution >= 0.6 is 27.5 Å². The van der Waals surface area contributed by atoms with Crippen LogP contribution in [0.4, 0.5) is 11.5 Å². The Hall–Kier alpha value is -2.09. The highest BCUT2D eigenvalue weighted by Crippen LogP contribution is 2.36. The molecule has 12 heteroatoms. The van der Waals surface area contributed by atoms with E-state index in [1.165, 1.54) is 18.3 Å². The molecule has 1 unspecified atom stereocenters. The topological polar surface area (TPSA) is 151 Å². The highest BCUT2D eigenvalue weighted by atomic mass is 79.9. The highest BCUT2D eigenvalue weighted by molar-refractivity contribution is 9.10. The number of likely N-dealkylation sites (N-methyl/N-ethyl adjacent to an activating group) is 1. The van der Waals surface area contributed by atoms with Crippen molar-refractivity contribution in [3.63, 3.8) is 0 Å². The smallest absolute Gasteiger partial charge is 0.141 e. The summed E-state index contributed by atoms with van der Waals surface area (Å²) in [6.07, 6.45) is -4.84. The van der Waals surface area contributed by atoms with Crippen molar-refractivity contribution in [1.29, 1.82) is 0 Å². The molecule has 3 aromatic rings. The van der Waals surface area contributed by atoms with E-state index >= 15 is 0 Å². The Labute approximate surface area is 215 Å². The monoisotopic (exact) mass is 570 g/mol. The van der Waals surface area contributed by atoms with Gasteiger partial charge in [-0.3, -0.25) is 0 Å². The van der Waals surface area contributed by atoms with Crippen LogP contribution in [0.15, 0.2) is 41.1 Å². The van der Waals surface area contributed by atoms with Crippen molar-refractivity contribution in [2.75, 3.05) is 33.1 Å². The lowest BCUT2D eigenvalue weighted by Gasteiger charge is -2.36. The minimum atomic E-state index is -1.69. The number of fused-ring (bicyclic) bond motifs is 1.